The Morgan fingerprint density at radius 2 is 1.80 bits per heavy atom. The molecule has 0 aliphatic carbocycles. The van der Waals surface area contributed by atoms with Crippen molar-refractivity contribution >= 4 is 17.4 Å². The molecule has 2 aromatic rings. The zero-order chi connectivity index (χ0) is 18.2. The van der Waals surface area contributed by atoms with Crippen LogP contribution in [0.4, 0.5) is 5.69 Å². The summed E-state index contributed by atoms with van der Waals surface area (Å²) in [5, 5.41) is 11.8. The first kappa shape index (κ1) is 18.2. The van der Waals surface area contributed by atoms with Gasteiger partial charge in [-0.2, -0.15) is 5.26 Å². The van der Waals surface area contributed by atoms with Gasteiger partial charge >= 0.3 is 0 Å². The molecule has 0 spiro atoms. The minimum absolute atomic E-state index is 0.0504. The van der Waals surface area contributed by atoms with E-state index in [4.69, 9.17) is 10.00 Å². The summed E-state index contributed by atoms with van der Waals surface area (Å²) in [5.41, 5.74) is 1.52. The maximum absolute atomic E-state index is 12.2. The van der Waals surface area contributed by atoms with Gasteiger partial charge in [0.25, 0.3) is 0 Å². The van der Waals surface area contributed by atoms with Crippen molar-refractivity contribution < 1.29 is 14.3 Å². The summed E-state index contributed by atoms with van der Waals surface area (Å²) in [6, 6.07) is 15.5. The Morgan fingerprint density at radius 1 is 1.12 bits per heavy atom. The average molecular weight is 336 g/mol. The van der Waals surface area contributed by atoms with Gasteiger partial charge in [0.2, 0.25) is 5.91 Å². The Labute approximate surface area is 147 Å². The number of benzene rings is 2. The van der Waals surface area contributed by atoms with Crippen LogP contribution in [0.1, 0.15) is 36.2 Å². The average Bonchev–Trinajstić information content (AvgIpc) is 2.59. The smallest absolute Gasteiger partial charge is 0.224 e. The Kier molecular flexibility index (Phi) is 6.30. The van der Waals surface area contributed by atoms with Crippen LogP contribution in [0, 0.1) is 17.2 Å². The summed E-state index contributed by atoms with van der Waals surface area (Å²) in [5.74, 6) is 0.420. The summed E-state index contributed by atoms with van der Waals surface area (Å²) in [4.78, 5) is 23.9. The second-order valence-electron chi connectivity index (χ2n) is 6.04. The number of hydrogen-bond acceptors (Lipinski definition) is 4. The van der Waals surface area contributed by atoms with Gasteiger partial charge in [-0.05, 0) is 42.3 Å². The van der Waals surface area contributed by atoms with Gasteiger partial charge in [0, 0.05) is 17.7 Å². The van der Waals surface area contributed by atoms with Crippen molar-refractivity contribution in [2.24, 2.45) is 5.92 Å². The Morgan fingerprint density at radius 3 is 2.44 bits per heavy atom. The molecule has 0 saturated heterocycles. The minimum Gasteiger partial charge on any atom is -0.484 e. The van der Waals surface area contributed by atoms with Crippen LogP contribution in [-0.4, -0.2) is 18.3 Å². The first-order chi connectivity index (χ1) is 12.0. The third-order valence-electron chi connectivity index (χ3n) is 3.45. The van der Waals surface area contributed by atoms with E-state index in [1.807, 2.05) is 19.9 Å². The standard InChI is InChI=1S/C20H20N2O3/c1-14(2)11-20(24)22-17-9-7-15(8-10-17)18(23)13-25-19-6-4-3-5-16(19)12-21/h3-10,14H,11,13H2,1-2H3,(H,22,24). The van der Waals surface area contributed by atoms with Gasteiger partial charge in [-0.3, -0.25) is 9.59 Å². The predicted molar refractivity (Wildman–Crippen MR) is 95.5 cm³/mol. The molecular weight excluding hydrogens is 316 g/mol. The number of hydrogen-bond donors (Lipinski definition) is 1. The largest absolute Gasteiger partial charge is 0.484 e. The number of para-hydroxylation sites is 1. The fourth-order valence-electron chi connectivity index (χ4n) is 2.23. The second kappa shape index (κ2) is 8.65. The number of carbonyl (C=O) groups is 2. The van der Waals surface area contributed by atoms with Crippen LogP contribution in [0.25, 0.3) is 0 Å². The van der Waals surface area contributed by atoms with Crippen molar-refractivity contribution in [2.45, 2.75) is 20.3 Å². The molecule has 1 amide bonds. The topological polar surface area (TPSA) is 79.2 Å². The fourth-order valence-corrected chi connectivity index (χ4v) is 2.23. The second-order valence-corrected chi connectivity index (χ2v) is 6.04. The third kappa shape index (κ3) is 5.47. The normalized spacial score (nSPS) is 10.2. The number of Topliss-reactive ketones (excluding diaryl/α,β-unsaturated/α-hetero) is 1. The molecule has 0 atom stereocenters. The molecule has 0 bridgehead atoms. The molecule has 5 heteroatoms. The summed E-state index contributed by atoms with van der Waals surface area (Å²) in [7, 11) is 0. The van der Waals surface area contributed by atoms with E-state index in [1.54, 1.807) is 48.5 Å². The molecule has 1 N–H and O–H groups in total. The van der Waals surface area contributed by atoms with E-state index in [9.17, 15) is 9.59 Å². The first-order valence-corrected chi connectivity index (χ1v) is 8.04. The van der Waals surface area contributed by atoms with Gasteiger partial charge in [-0.25, -0.2) is 0 Å². The molecule has 0 saturated carbocycles. The molecule has 0 unspecified atom stereocenters. The van der Waals surface area contributed by atoms with Gasteiger partial charge in [0.1, 0.15) is 11.8 Å². The number of ether oxygens (including phenoxy) is 1. The zero-order valence-electron chi connectivity index (χ0n) is 14.3. The van der Waals surface area contributed by atoms with E-state index < -0.39 is 0 Å². The van der Waals surface area contributed by atoms with Crippen molar-refractivity contribution in [3.05, 3.63) is 59.7 Å². The lowest BCUT2D eigenvalue weighted by Crippen LogP contribution is -2.14. The maximum Gasteiger partial charge on any atom is 0.224 e. The molecule has 0 aliphatic rings. The molecular formula is C20H20N2O3. The molecule has 25 heavy (non-hydrogen) atoms. The van der Waals surface area contributed by atoms with E-state index in [0.29, 0.717) is 29.0 Å². The number of amides is 1. The number of nitriles is 1. The van der Waals surface area contributed by atoms with E-state index in [0.717, 1.165) is 0 Å². The van der Waals surface area contributed by atoms with Crippen molar-refractivity contribution in [1.82, 2.24) is 0 Å². The van der Waals surface area contributed by atoms with Gasteiger partial charge < -0.3 is 10.1 Å². The number of anilines is 1. The van der Waals surface area contributed by atoms with Gasteiger partial charge in [0.15, 0.2) is 12.4 Å². The molecule has 0 fully saturated rings. The van der Waals surface area contributed by atoms with Crippen LogP contribution in [-0.2, 0) is 4.79 Å². The lowest BCUT2D eigenvalue weighted by atomic mass is 10.1. The highest BCUT2D eigenvalue weighted by atomic mass is 16.5. The van der Waals surface area contributed by atoms with Gasteiger partial charge in [-0.15, -0.1) is 0 Å². The lowest BCUT2D eigenvalue weighted by molar-refractivity contribution is -0.116. The van der Waals surface area contributed by atoms with Crippen LogP contribution in [0.2, 0.25) is 0 Å². The van der Waals surface area contributed by atoms with Crippen LogP contribution >= 0.6 is 0 Å². The number of nitrogens with one attached hydrogen (secondary N) is 1. The molecule has 0 heterocycles. The monoisotopic (exact) mass is 336 g/mol. The number of carbonyl (C=O) groups excluding carboxylic acids is 2. The van der Waals surface area contributed by atoms with Crippen LogP contribution < -0.4 is 10.1 Å². The molecule has 0 aromatic heterocycles. The van der Waals surface area contributed by atoms with Gasteiger partial charge in [0.05, 0.1) is 5.56 Å². The molecule has 0 radical (unpaired) electrons. The van der Waals surface area contributed by atoms with E-state index in [2.05, 4.69) is 5.32 Å². The van der Waals surface area contributed by atoms with E-state index >= 15 is 0 Å². The van der Waals surface area contributed by atoms with E-state index in [-0.39, 0.29) is 24.2 Å². The molecule has 128 valence electrons. The molecule has 2 rings (SSSR count). The number of nitrogens with zero attached hydrogens (tertiary/aromatic N) is 1. The van der Waals surface area contributed by atoms with Crippen molar-refractivity contribution in [3.8, 4) is 11.8 Å². The Hall–Kier alpha value is -3.13. The highest BCUT2D eigenvalue weighted by Gasteiger charge is 2.10. The fraction of sp³-hybridized carbons (Fsp3) is 0.250. The minimum atomic E-state index is -0.201. The summed E-state index contributed by atoms with van der Waals surface area (Å²) in [6.45, 7) is 3.80. The van der Waals surface area contributed by atoms with Gasteiger partial charge in [-0.1, -0.05) is 26.0 Å². The predicted octanol–water partition coefficient (Wildman–Crippen LogP) is 3.80. The van der Waals surface area contributed by atoms with Crippen LogP contribution in [0.15, 0.2) is 48.5 Å². The molecule has 2 aromatic carbocycles. The highest BCUT2D eigenvalue weighted by Crippen LogP contribution is 2.17. The Bertz CT molecular complexity index is 789. The molecule has 5 nitrogen and oxygen atoms in total. The van der Waals surface area contributed by atoms with E-state index in [1.165, 1.54) is 0 Å². The van der Waals surface area contributed by atoms with Crippen molar-refractivity contribution in [3.63, 3.8) is 0 Å². The first-order valence-electron chi connectivity index (χ1n) is 8.04. The summed E-state index contributed by atoms with van der Waals surface area (Å²) >= 11 is 0. The maximum atomic E-state index is 12.2. The van der Waals surface area contributed by atoms with Crippen LogP contribution in [0.3, 0.4) is 0 Å². The van der Waals surface area contributed by atoms with Crippen LogP contribution in [0.5, 0.6) is 5.75 Å². The number of ketones is 1. The van der Waals surface area contributed by atoms with Crippen molar-refractivity contribution in [1.29, 1.82) is 5.26 Å². The zero-order valence-corrected chi connectivity index (χ0v) is 14.3. The molecule has 0 aliphatic heterocycles. The lowest BCUT2D eigenvalue weighted by Gasteiger charge is -2.09. The highest BCUT2D eigenvalue weighted by molar-refractivity contribution is 5.98. The SMILES string of the molecule is CC(C)CC(=O)Nc1ccc(C(=O)COc2ccccc2C#N)cc1. The summed E-state index contributed by atoms with van der Waals surface area (Å²) < 4.78 is 5.44. The Balaban J connectivity index is 1.94. The third-order valence-corrected chi connectivity index (χ3v) is 3.45. The van der Waals surface area contributed by atoms with Crippen molar-refractivity contribution in [2.75, 3.05) is 11.9 Å². The summed E-state index contributed by atoms with van der Waals surface area (Å²) in [6.07, 6.45) is 0.451. The quantitative estimate of drug-likeness (QED) is 0.780. The number of rotatable bonds is 7.